The molecule has 0 bridgehead atoms. The molecule has 1 nitrogen and oxygen atoms in total. The third kappa shape index (κ3) is 3.41. The van der Waals surface area contributed by atoms with Crippen molar-refractivity contribution in [1.82, 2.24) is 0 Å². The van der Waals surface area contributed by atoms with Crippen LogP contribution in [0.15, 0.2) is 48.5 Å². The largest absolute Gasteiger partial charge is 0.395 e. The number of aryl methyl sites for hydroxylation is 1. The molecule has 2 aromatic rings. The molecule has 1 unspecified atom stereocenters. The first-order chi connectivity index (χ1) is 9.57. The molecule has 0 heterocycles. The SMILES string of the molecule is CCc1ccc(CC(C)(CO)c2cccc(Cl)c2)cc1. The van der Waals surface area contributed by atoms with Crippen LogP contribution in [0.25, 0.3) is 0 Å². The van der Waals surface area contributed by atoms with E-state index in [1.54, 1.807) is 0 Å². The van der Waals surface area contributed by atoms with E-state index in [0.29, 0.717) is 5.02 Å². The van der Waals surface area contributed by atoms with Crippen LogP contribution in [0.5, 0.6) is 0 Å². The second kappa shape index (κ2) is 6.43. The first-order valence-corrected chi connectivity index (χ1v) is 7.40. The number of halogens is 1. The summed E-state index contributed by atoms with van der Waals surface area (Å²) in [6.45, 7) is 4.33. The first kappa shape index (κ1) is 15.1. The third-order valence-electron chi connectivity index (χ3n) is 3.90. The zero-order chi connectivity index (χ0) is 14.6. The van der Waals surface area contributed by atoms with Gasteiger partial charge in [0.2, 0.25) is 0 Å². The maximum atomic E-state index is 9.85. The third-order valence-corrected chi connectivity index (χ3v) is 4.13. The van der Waals surface area contributed by atoms with Gasteiger partial charge < -0.3 is 5.11 Å². The highest BCUT2D eigenvalue weighted by molar-refractivity contribution is 6.30. The summed E-state index contributed by atoms with van der Waals surface area (Å²) in [4.78, 5) is 0. The van der Waals surface area contributed by atoms with Crippen molar-refractivity contribution in [1.29, 1.82) is 0 Å². The van der Waals surface area contributed by atoms with Gasteiger partial charge in [0.1, 0.15) is 0 Å². The Hall–Kier alpha value is -1.31. The molecule has 0 aliphatic rings. The average Bonchev–Trinajstić information content (AvgIpc) is 2.48. The van der Waals surface area contributed by atoms with Crippen LogP contribution < -0.4 is 0 Å². The molecule has 106 valence electrons. The van der Waals surface area contributed by atoms with E-state index < -0.39 is 0 Å². The Morgan fingerprint density at radius 1 is 1.05 bits per heavy atom. The number of rotatable bonds is 5. The van der Waals surface area contributed by atoms with E-state index in [1.165, 1.54) is 11.1 Å². The molecule has 2 aromatic carbocycles. The molecule has 0 radical (unpaired) electrons. The molecule has 1 N–H and O–H groups in total. The summed E-state index contributed by atoms with van der Waals surface area (Å²) in [5.74, 6) is 0. The van der Waals surface area contributed by atoms with Crippen LogP contribution in [0.2, 0.25) is 5.02 Å². The van der Waals surface area contributed by atoms with E-state index >= 15 is 0 Å². The Morgan fingerprint density at radius 3 is 2.25 bits per heavy atom. The molecule has 0 aliphatic heterocycles. The minimum absolute atomic E-state index is 0.100. The van der Waals surface area contributed by atoms with Crippen LogP contribution >= 0.6 is 11.6 Å². The monoisotopic (exact) mass is 288 g/mol. The zero-order valence-corrected chi connectivity index (χ0v) is 12.8. The van der Waals surface area contributed by atoms with Crippen LogP contribution in [-0.4, -0.2) is 11.7 Å². The lowest BCUT2D eigenvalue weighted by molar-refractivity contribution is 0.204. The maximum absolute atomic E-state index is 9.85. The molecule has 1 atom stereocenters. The maximum Gasteiger partial charge on any atom is 0.0528 e. The molecule has 0 amide bonds. The predicted molar refractivity (Wildman–Crippen MR) is 85.4 cm³/mol. The van der Waals surface area contributed by atoms with Gasteiger partial charge in [0.25, 0.3) is 0 Å². The van der Waals surface area contributed by atoms with Crippen LogP contribution in [0.4, 0.5) is 0 Å². The summed E-state index contributed by atoms with van der Waals surface area (Å²) in [5, 5.41) is 10.6. The van der Waals surface area contributed by atoms with Gasteiger partial charge in [0.05, 0.1) is 6.61 Å². The van der Waals surface area contributed by atoms with Crippen molar-refractivity contribution in [2.75, 3.05) is 6.61 Å². The summed E-state index contributed by atoms with van der Waals surface area (Å²) in [7, 11) is 0. The van der Waals surface area contributed by atoms with Crippen LogP contribution in [0, 0.1) is 0 Å². The Morgan fingerprint density at radius 2 is 1.70 bits per heavy atom. The molecule has 0 aliphatic carbocycles. The molecule has 0 saturated heterocycles. The molecule has 2 heteroatoms. The Bertz CT molecular complexity index is 562. The van der Waals surface area contributed by atoms with Crippen LogP contribution in [0.3, 0.4) is 0 Å². The second-order valence-corrected chi connectivity index (χ2v) is 6.01. The molecule has 0 fully saturated rings. The van der Waals surface area contributed by atoms with Crippen molar-refractivity contribution in [2.45, 2.75) is 32.1 Å². The Labute approximate surface area is 126 Å². The summed E-state index contributed by atoms with van der Waals surface area (Å²) in [5.41, 5.74) is 3.34. The van der Waals surface area contributed by atoms with Gasteiger partial charge in [-0.25, -0.2) is 0 Å². The van der Waals surface area contributed by atoms with Gasteiger partial charge in [-0.15, -0.1) is 0 Å². The quantitative estimate of drug-likeness (QED) is 0.865. The van der Waals surface area contributed by atoms with Crippen molar-refractivity contribution in [2.24, 2.45) is 0 Å². The molecule has 0 spiro atoms. The zero-order valence-electron chi connectivity index (χ0n) is 12.1. The van der Waals surface area contributed by atoms with Gasteiger partial charge in [-0.1, -0.05) is 61.8 Å². The van der Waals surface area contributed by atoms with Crippen LogP contribution in [-0.2, 0) is 18.3 Å². The van der Waals surface area contributed by atoms with Gasteiger partial charge in [0.15, 0.2) is 0 Å². The van der Waals surface area contributed by atoms with E-state index in [2.05, 4.69) is 38.1 Å². The van der Waals surface area contributed by atoms with Crippen molar-refractivity contribution in [3.63, 3.8) is 0 Å². The van der Waals surface area contributed by atoms with E-state index in [-0.39, 0.29) is 12.0 Å². The number of aliphatic hydroxyl groups excluding tert-OH is 1. The first-order valence-electron chi connectivity index (χ1n) is 7.02. The smallest absolute Gasteiger partial charge is 0.0528 e. The Kier molecular flexibility index (Phi) is 4.85. The molecular weight excluding hydrogens is 268 g/mol. The molecule has 0 saturated carbocycles. The van der Waals surface area contributed by atoms with Gasteiger partial charge in [0, 0.05) is 10.4 Å². The van der Waals surface area contributed by atoms with E-state index in [4.69, 9.17) is 11.6 Å². The fraction of sp³-hybridized carbons (Fsp3) is 0.333. The fourth-order valence-corrected chi connectivity index (χ4v) is 2.65. The minimum Gasteiger partial charge on any atom is -0.395 e. The van der Waals surface area contributed by atoms with E-state index in [0.717, 1.165) is 18.4 Å². The summed E-state index contributed by atoms with van der Waals surface area (Å²) < 4.78 is 0. The van der Waals surface area contributed by atoms with Crippen molar-refractivity contribution in [3.8, 4) is 0 Å². The number of aliphatic hydroxyl groups is 1. The van der Waals surface area contributed by atoms with Gasteiger partial charge >= 0.3 is 0 Å². The van der Waals surface area contributed by atoms with Gasteiger partial charge in [-0.3, -0.25) is 0 Å². The lowest BCUT2D eigenvalue weighted by Crippen LogP contribution is -2.29. The second-order valence-electron chi connectivity index (χ2n) is 5.58. The molecular formula is C18H21ClO. The van der Waals surface area contributed by atoms with Crippen molar-refractivity contribution >= 4 is 11.6 Å². The predicted octanol–water partition coefficient (Wildman–Crippen LogP) is 4.40. The normalized spacial score (nSPS) is 14.0. The summed E-state index contributed by atoms with van der Waals surface area (Å²) in [6, 6.07) is 16.4. The van der Waals surface area contributed by atoms with Crippen molar-refractivity contribution in [3.05, 3.63) is 70.2 Å². The molecule has 0 aromatic heterocycles. The lowest BCUT2D eigenvalue weighted by atomic mass is 9.78. The highest BCUT2D eigenvalue weighted by Crippen LogP contribution is 2.29. The van der Waals surface area contributed by atoms with Gasteiger partial charge in [-0.05, 0) is 41.7 Å². The standard InChI is InChI=1S/C18H21ClO/c1-3-14-7-9-15(10-8-14)12-18(2,13-20)16-5-4-6-17(19)11-16/h4-11,20H,3,12-13H2,1-2H3. The highest BCUT2D eigenvalue weighted by Gasteiger charge is 2.26. The van der Waals surface area contributed by atoms with E-state index in [1.807, 2.05) is 24.3 Å². The highest BCUT2D eigenvalue weighted by atomic mass is 35.5. The number of benzene rings is 2. The minimum atomic E-state index is -0.307. The molecule has 20 heavy (non-hydrogen) atoms. The number of hydrogen-bond acceptors (Lipinski definition) is 1. The average molecular weight is 289 g/mol. The lowest BCUT2D eigenvalue weighted by Gasteiger charge is -2.28. The van der Waals surface area contributed by atoms with Gasteiger partial charge in [-0.2, -0.15) is 0 Å². The number of hydrogen-bond donors (Lipinski definition) is 1. The van der Waals surface area contributed by atoms with Crippen molar-refractivity contribution < 1.29 is 5.11 Å². The summed E-state index contributed by atoms with van der Waals surface area (Å²) >= 11 is 6.07. The Balaban J connectivity index is 2.26. The summed E-state index contributed by atoms with van der Waals surface area (Å²) in [6.07, 6.45) is 1.85. The topological polar surface area (TPSA) is 20.2 Å². The van der Waals surface area contributed by atoms with Crippen LogP contribution in [0.1, 0.15) is 30.5 Å². The van der Waals surface area contributed by atoms with E-state index in [9.17, 15) is 5.11 Å². The fourth-order valence-electron chi connectivity index (χ4n) is 2.46. The molecule has 2 rings (SSSR count).